The lowest BCUT2D eigenvalue weighted by molar-refractivity contribution is 1.14. The number of hydrogen-bond acceptors (Lipinski definition) is 1. The molecule has 0 nitrogen and oxygen atoms in total. The minimum atomic E-state index is 1.07. The van der Waals surface area contributed by atoms with Crippen LogP contribution in [-0.4, -0.2) is 0 Å². The topological polar surface area (TPSA) is 0 Å². The molecule has 1 heteroatoms. The SMILES string of the molecule is CCc1ccccc1-c1ccc2c(c1)sc1ccccc12. The van der Waals surface area contributed by atoms with E-state index in [9.17, 15) is 0 Å². The third-order valence-electron chi connectivity index (χ3n) is 4.09. The van der Waals surface area contributed by atoms with Crippen LogP contribution in [0.3, 0.4) is 0 Å². The fourth-order valence-corrected chi connectivity index (χ4v) is 4.15. The number of fused-ring (bicyclic) bond motifs is 3. The maximum atomic E-state index is 2.34. The van der Waals surface area contributed by atoms with Crippen molar-refractivity contribution in [1.82, 2.24) is 0 Å². The molecule has 1 aromatic heterocycles. The van der Waals surface area contributed by atoms with E-state index in [0.717, 1.165) is 6.42 Å². The Hall–Kier alpha value is -2.12. The molecule has 0 bridgehead atoms. The van der Waals surface area contributed by atoms with Crippen molar-refractivity contribution < 1.29 is 0 Å². The second-order valence-corrected chi connectivity index (χ2v) is 6.40. The van der Waals surface area contributed by atoms with Crippen molar-refractivity contribution in [3.8, 4) is 11.1 Å². The van der Waals surface area contributed by atoms with Crippen LogP contribution in [0.1, 0.15) is 12.5 Å². The number of benzene rings is 3. The summed E-state index contributed by atoms with van der Waals surface area (Å²) in [4.78, 5) is 0. The summed E-state index contributed by atoms with van der Waals surface area (Å²) in [5.41, 5.74) is 4.10. The molecule has 0 unspecified atom stereocenters. The maximum Gasteiger partial charge on any atom is 0.0361 e. The Morgan fingerprint density at radius 1 is 0.762 bits per heavy atom. The van der Waals surface area contributed by atoms with Gasteiger partial charge in [0.2, 0.25) is 0 Å². The fourth-order valence-electron chi connectivity index (χ4n) is 3.00. The molecule has 4 rings (SSSR count). The predicted molar refractivity (Wildman–Crippen MR) is 94.1 cm³/mol. The van der Waals surface area contributed by atoms with E-state index < -0.39 is 0 Å². The third-order valence-corrected chi connectivity index (χ3v) is 5.22. The maximum absolute atomic E-state index is 2.34. The van der Waals surface area contributed by atoms with E-state index in [-0.39, 0.29) is 0 Å². The van der Waals surface area contributed by atoms with Crippen LogP contribution in [0, 0.1) is 0 Å². The van der Waals surface area contributed by atoms with Crippen molar-refractivity contribution in [3.05, 3.63) is 72.3 Å². The number of thiophene rings is 1. The molecular weight excluding hydrogens is 272 g/mol. The highest BCUT2D eigenvalue weighted by Gasteiger charge is 2.08. The van der Waals surface area contributed by atoms with Gasteiger partial charge in [-0.15, -0.1) is 11.3 Å². The second kappa shape index (κ2) is 5.01. The quantitative estimate of drug-likeness (QED) is 0.407. The van der Waals surface area contributed by atoms with E-state index >= 15 is 0 Å². The molecule has 21 heavy (non-hydrogen) atoms. The van der Waals surface area contributed by atoms with Gasteiger partial charge in [-0.3, -0.25) is 0 Å². The average Bonchev–Trinajstić information content (AvgIpc) is 2.92. The van der Waals surface area contributed by atoms with Crippen LogP contribution in [0.25, 0.3) is 31.3 Å². The molecule has 0 aliphatic heterocycles. The zero-order chi connectivity index (χ0) is 14.2. The largest absolute Gasteiger partial charge is 0.135 e. The Morgan fingerprint density at radius 3 is 2.43 bits per heavy atom. The lowest BCUT2D eigenvalue weighted by Crippen LogP contribution is -1.86. The molecule has 0 radical (unpaired) electrons. The van der Waals surface area contributed by atoms with Gasteiger partial charge in [0.05, 0.1) is 0 Å². The monoisotopic (exact) mass is 288 g/mol. The summed E-state index contributed by atoms with van der Waals surface area (Å²) in [6, 6.07) is 24.2. The van der Waals surface area contributed by atoms with Crippen LogP contribution in [0.2, 0.25) is 0 Å². The lowest BCUT2D eigenvalue weighted by atomic mass is 9.97. The van der Waals surface area contributed by atoms with E-state index in [0.29, 0.717) is 0 Å². The van der Waals surface area contributed by atoms with Crippen molar-refractivity contribution in [2.24, 2.45) is 0 Å². The minimum Gasteiger partial charge on any atom is -0.135 e. The Labute approximate surface area is 128 Å². The van der Waals surface area contributed by atoms with Gasteiger partial charge in [0.15, 0.2) is 0 Å². The summed E-state index contributed by atoms with van der Waals surface area (Å²) in [5.74, 6) is 0. The van der Waals surface area contributed by atoms with Crippen LogP contribution in [0.4, 0.5) is 0 Å². The van der Waals surface area contributed by atoms with E-state index in [1.165, 1.54) is 36.9 Å². The molecule has 4 aromatic rings. The Balaban J connectivity index is 1.97. The standard InChI is InChI=1S/C20H16S/c1-2-14-7-3-4-8-16(14)15-11-12-18-17-9-5-6-10-19(17)21-20(18)13-15/h3-13H,2H2,1H3. The summed E-state index contributed by atoms with van der Waals surface area (Å²) >= 11 is 1.88. The van der Waals surface area contributed by atoms with Gasteiger partial charge in [-0.1, -0.05) is 61.5 Å². The molecule has 0 N–H and O–H groups in total. The lowest BCUT2D eigenvalue weighted by Gasteiger charge is -2.07. The molecule has 1 heterocycles. The minimum absolute atomic E-state index is 1.07. The van der Waals surface area contributed by atoms with E-state index in [1.54, 1.807) is 0 Å². The number of aryl methyl sites for hydroxylation is 1. The molecule has 0 atom stereocenters. The third kappa shape index (κ3) is 2.05. The molecule has 0 fully saturated rings. The second-order valence-electron chi connectivity index (χ2n) is 5.32. The Morgan fingerprint density at radius 2 is 1.52 bits per heavy atom. The van der Waals surface area contributed by atoms with Gasteiger partial charge in [-0.25, -0.2) is 0 Å². The van der Waals surface area contributed by atoms with Gasteiger partial charge >= 0.3 is 0 Å². The molecule has 0 spiro atoms. The van der Waals surface area contributed by atoms with Crippen molar-refractivity contribution in [3.63, 3.8) is 0 Å². The molecule has 102 valence electrons. The van der Waals surface area contributed by atoms with E-state index in [2.05, 4.69) is 73.7 Å². The van der Waals surface area contributed by atoms with E-state index in [1.807, 2.05) is 11.3 Å². The van der Waals surface area contributed by atoms with Crippen molar-refractivity contribution in [1.29, 1.82) is 0 Å². The van der Waals surface area contributed by atoms with Gasteiger partial charge in [0.25, 0.3) is 0 Å². The van der Waals surface area contributed by atoms with Crippen molar-refractivity contribution in [2.45, 2.75) is 13.3 Å². The zero-order valence-corrected chi connectivity index (χ0v) is 12.8. The first kappa shape index (κ1) is 12.6. The highest BCUT2D eigenvalue weighted by Crippen LogP contribution is 2.36. The molecule has 0 amide bonds. The number of hydrogen-bond donors (Lipinski definition) is 0. The van der Waals surface area contributed by atoms with Gasteiger partial charge < -0.3 is 0 Å². The van der Waals surface area contributed by atoms with Crippen LogP contribution < -0.4 is 0 Å². The highest BCUT2D eigenvalue weighted by molar-refractivity contribution is 7.25. The van der Waals surface area contributed by atoms with Crippen LogP contribution in [0.5, 0.6) is 0 Å². The smallest absolute Gasteiger partial charge is 0.0361 e. The zero-order valence-electron chi connectivity index (χ0n) is 12.0. The molecule has 0 saturated carbocycles. The Kier molecular flexibility index (Phi) is 3.01. The molecule has 0 saturated heterocycles. The van der Waals surface area contributed by atoms with Gasteiger partial charge in [-0.05, 0) is 35.2 Å². The molecule has 0 aliphatic rings. The Bertz CT molecular complexity index is 931. The average molecular weight is 288 g/mol. The molecule has 0 aliphatic carbocycles. The van der Waals surface area contributed by atoms with Crippen molar-refractivity contribution in [2.75, 3.05) is 0 Å². The van der Waals surface area contributed by atoms with Gasteiger partial charge in [0, 0.05) is 20.2 Å². The van der Waals surface area contributed by atoms with Crippen LogP contribution >= 0.6 is 11.3 Å². The van der Waals surface area contributed by atoms with Gasteiger partial charge in [0.1, 0.15) is 0 Å². The summed E-state index contributed by atoms with van der Waals surface area (Å²) in [6.07, 6.45) is 1.07. The van der Waals surface area contributed by atoms with Gasteiger partial charge in [-0.2, -0.15) is 0 Å². The van der Waals surface area contributed by atoms with Crippen molar-refractivity contribution >= 4 is 31.5 Å². The normalized spacial score (nSPS) is 11.3. The molecule has 3 aromatic carbocycles. The summed E-state index contributed by atoms with van der Waals surface area (Å²) in [5, 5.41) is 2.74. The number of rotatable bonds is 2. The highest BCUT2D eigenvalue weighted by atomic mass is 32.1. The fraction of sp³-hybridized carbons (Fsp3) is 0.100. The van der Waals surface area contributed by atoms with Crippen LogP contribution in [0.15, 0.2) is 66.7 Å². The first-order chi connectivity index (χ1) is 10.4. The predicted octanol–water partition coefficient (Wildman–Crippen LogP) is 6.28. The molecular formula is C20H16S. The summed E-state index contributed by atoms with van der Waals surface area (Å²) in [6.45, 7) is 2.22. The summed E-state index contributed by atoms with van der Waals surface area (Å²) in [7, 11) is 0. The first-order valence-electron chi connectivity index (χ1n) is 7.36. The summed E-state index contributed by atoms with van der Waals surface area (Å²) < 4.78 is 2.74. The van der Waals surface area contributed by atoms with E-state index in [4.69, 9.17) is 0 Å². The van der Waals surface area contributed by atoms with Crippen LogP contribution in [-0.2, 0) is 6.42 Å². The first-order valence-corrected chi connectivity index (χ1v) is 8.18.